The number of amides is 2. The fourth-order valence-electron chi connectivity index (χ4n) is 1.92. The van der Waals surface area contributed by atoms with Crippen LogP contribution in [-0.4, -0.2) is 23.8 Å². The van der Waals surface area contributed by atoms with Crippen molar-refractivity contribution in [1.29, 1.82) is 5.26 Å². The summed E-state index contributed by atoms with van der Waals surface area (Å²) in [6.07, 6.45) is 0. The number of carbonyl (C=O) groups excluding carboxylic acids is 2. The highest BCUT2D eigenvalue weighted by Crippen LogP contribution is 2.29. The highest BCUT2D eigenvalue weighted by atomic mass is 32.2. The molecule has 2 amide bonds. The zero-order valence-electron chi connectivity index (χ0n) is 13.4. The van der Waals surface area contributed by atoms with E-state index in [0.717, 1.165) is 17.8 Å². The lowest BCUT2D eigenvalue weighted by Gasteiger charge is -2.10. The summed E-state index contributed by atoms with van der Waals surface area (Å²) in [6, 6.07) is 9.95. The molecule has 0 saturated carbocycles. The van der Waals surface area contributed by atoms with Gasteiger partial charge in [0.15, 0.2) is 0 Å². The molecule has 0 bridgehead atoms. The lowest BCUT2D eigenvalue weighted by Crippen LogP contribution is -2.29. The van der Waals surface area contributed by atoms with Gasteiger partial charge in [-0.05, 0) is 42.1 Å². The molecule has 0 fully saturated rings. The molecule has 0 aromatic heterocycles. The highest BCUT2D eigenvalue weighted by Gasteiger charge is 2.18. The second-order valence-corrected chi connectivity index (χ2v) is 5.63. The Bertz CT molecular complexity index is 893. The van der Waals surface area contributed by atoms with Crippen molar-refractivity contribution in [3.8, 4) is 11.2 Å². The van der Waals surface area contributed by atoms with Gasteiger partial charge in [-0.15, -0.1) is 0 Å². The molecule has 0 spiro atoms. The standard InChI is InChI=1S/C16H12N4O5S/c1-25-14-8-11(20(23)24)4-7-13(14)19-16(22)15(21)18-10-2-5-12(6-3-10)26-9-17/h2-8H,1H3,(H,18,21)(H,19,22). The average Bonchev–Trinajstić information content (AvgIpc) is 2.63. The molecule has 2 rings (SSSR count). The van der Waals surface area contributed by atoms with Crippen LogP contribution in [0.1, 0.15) is 0 Å². The summed E-state index contributed by atoms with van der Waals surface area (Å²) in [4.78, 5) is 34.8. The molecule has 0 aliphatic heterocycles. The Labute approximate surface area is 152 Å². The number of nitrogens with one attached hydrogen (secondary N) is 2. The molecule has 10 heteroatoms. The van der Waals surface area contributed by atoms with E-state index in [1.807, 2.05) is 5.40 Å². The van der Waals surface area contributed by atoms with E-state index in [4.69, 9.17) is 10.00 Å². The molecule has 0 atom stereocenters. The van der Waals surface area contributed by atoms with Crippen molar-refractivity contribution in [1.82, 2.24) is 0 Å². The molecule has 2 N–H and O–H groups in total. The normalized spacial score (nSPS) is 9.69. The summed E-state index contributed by atoms with van der Waals surface area (Å²) < 4.78 is 4.99. The third-order valence-corrected chi connectivity index (χ3v) is 3.73. The van der Waals surface area contributed by atoms with Gasteiger partial charge in [-0.3, -0.25) is 19.7 Å². The number of nitriles is 1. The van der Waals surface area contributed by atoms with E-state index in [9.17, 15) is 19.7 Å². The van der Waals surface area contributed by atoms with Gasteiger partial charge in [-0.1, -0.05) is 0 Å². The molecule has 0 aliphatic carbocycles. The van der Waals surface area contributed by atoms with E-state index in [2.05, 4.69) is 10.6 Å². The molecule has 26 heavy (non-hydrogen) atoms. The molecule has 0 aliphatic rings. The van der Waals surface area contributed by atoms with Crippen LogP contribution in [0.4, 0.5) is 17.1 Å². The minimum atomic E-state index is -0.965. The molecule has 0 heterocycles. The fourth-order valence-corrected chi connectivity index (χ4v) is 2.30. The zero-order valence-corrected chi connectivity index (χ0v) is 14.2. The third kappa shape index (κ3) is 4.71. The van der Waals surface area contributed by atoms with E-state index in [-0.39, 0.29) is 17.1 Å². The Morgan fingerprint density at radius 2 is 1.81 bits per heavy atom. The van der Waals surface area contributed by atoms with Crippen molar-refractivity contribution < 1.29 is 19.2 Å². The average molecular weight is 372 g/mol. The molecule has 2 aromatic carbocycles. The van der Waals surface area contributed by atoms with Crippen LogP contribution in [-0.2, 0) is 9.59 Å². The first-order valence-electron chi connectivity index (χ1n) is 7.05. The van der Waals surface area contributed by atoms with Crippen LogP contribution in [0, 0.1) is 20.8 Å². The summed E-state index contributed by atoms with van der Waals surface area (Å²) in [7, 11) is 1.29. The highest BCUT2D eigenvalue weighted by molar-refractivity contribution is 8.03. The van der Waals surface area contributed by atoms with Gasteiger partial charge in [0.05, 0.1) is 23.8 Å². The molecule has 0 unspecified atom stereocenters. The van der Waals surface area contributed by atoms with Crippen LogP contribution in [0.15, 0.2) is 47.4 Å². The maximum atomic E-state index is 12.0. The first-order chi connectivity index (χ1) is 12.4. The predicted molar refractivity (Wildman–Crippen MR) is 94.8 cm³/mol. The van der Waals surface area contributed by atoms with E-state index in [0.29, 0.717) is 10.6 Å². The summed E-state index contributed by atoms with van der Waals surface area (Å²) >= 11 is 0.970. The maximum Gasteiger partial charge on any atom is 0.314 e. The van der Waals surface area contributed by atoms with Gasteiger partial charge in [0.2, 0.25) is 0 Å². The van der Waals surface area contributed by atoms with Gasteiger partial charge in [0.1, 0.15) is 11.2 Å². The monoisotopic (exact) mass is 372 g/mol. The number of nitro benzene ring substituents is 1. The summed E-state index contributed by atoms with van der Waals surface area (Å²) in [5.41, 5.74) is 0.293. The second-order valence-electron chi connectivity index (χ2n) is 4.77. The smallest absolute Gasteiger partial charge is 0.314 e. The quantitative estimate of drug-likeness (QED) is 0.271. The number of thiocyanates is 1. The summed E-state index contributed by atoms with van der Waals surface area (Å²) in [5, 5.41) is 26.0. The number of non-ortho nitro benzene ring substituents is 1. The van der Waals surface area contributed by atoms with Gasteiger partial charge >= 0.3 is 11.8 Å². The van der Waals surface area contributed by atoms with E-state index in [1.165, 1.54) is 19.2 Å². The number of nitrogens with zero attached hydrogens (tertiary/aromatic N) is 2. The van der Waals surface area contributed by atoms with Crippen LogP contribution in [0.3, 0.4) is 0 Å². The Morgan fingerprint density at radius 3 is 2.38 bits per heavy atom. The van der Waals surface area contributed by atoms with Crippen molar-refractivity contribution in [2.75, 3.05) is 17.7 Å². The molecule has 0 radical (unpaired) electrons. The Hall–Kier alpha value is -3.58. The van der Waals surface area contributed by atoms with Crippen LogP contribution in [0.5, 0.6) is 5.75 Å². The Kier molecular flexibility index (Phi) is 6.13. The summed E-state index contributed by atoms with van der Waals surface area (Å²) in [5.74, 6) is -1.84. The van der Waals surface area contributed by atoms with Gasteiger partial charge in [-0.2, -0.15) is 5.26 Å². The van der Waals surface area contributed by atoms with E-state index < -0.39 is 16.7 Å². The number of hydrogen-bond donors (Lipinski definition) is 2. The van der Waals surface area contributed by atoms with Gasteiger partial charge in [0.25, 0.3) is 5.69 Å². The van der Waals surface area contributed by atoms with Crippen molar-refractivity contribution in [3.05, 3.63) is 52.6 Å². The van der Waals surface area contributed by atoms with Crippen LogP contribution >= 0.6 is 11.8 Å². The Morgan fingerprint density at radius 1 is 1.15 bits per heavy atom. The summed E-state index contributed by atoms with van der Waals surface area (Å²) in [6.45, 7) is 0. The van der Waals surface area contributed by atoms with Gasteiger partial charge in [-0.25, -0.2) is 0 Å². The molecular formula is C16H12N4O5S. The van der Waals surface area contributed by atoms with Gasteiger partial charge in [0, 0.05) is 16.6 Å². The minimum absolute atomic E-state index is 0.0539. The zero-order chi connectivity index (χ0) is 19.1. The van der Waals surface area contributed by atoms with Gasteiger partial charge < -0.3 is 15.4 Å². The topological polar surface area (TPSA) is 134 Å². The maximum absolute atomic E-state index is 12.0. The lowest BCUT2D eigenvalue weighted by atomic mass is 10.2. The number of anilines is 2. The predicted octanol–water partition coefficient (Wildman–Crippen LogP) is 2.75. The fraction of sp³-hybridized carbons (Fsp3) is 0.0625. The third-order valence-electron chi connectivity index (χ3n) is 3.13. The molecule has 9 nitrogen and oxygen atoms in total. The molecule has 0 saturated heterocycles. The number of nitro groups is 1. The first kappa shape index (κ1) is 18.8. The number of carbonyl (C=O) groups is 2. The number of ether oxygens (including phenoxy) is 1. The molecule has 132 valence electrons. The van der Waals surface area contributed by atoms with Crippen molar-refractivity contribution in [2.45, 2.75) is 4.90 Å². The molecule has 2 aromatic rings. The molecular weight excluding hydrogens is 360 g/mol. The largest absolute Gasteiger partial charge is 0.494 e. The number of benzene rings is 2. The number of methoxy groups -OCH3 is 1. The van der Waals surface area contributed by atoms with Crippen LogP contribution in [0.2, 0.25) is 0 Å². The van der Waals surface area contributed by atoms with E-state index in [1.54, 1.807) is 24.3 Å². The Balaban J connectivity index is 2.06. The van der Waals surface area contributed by atoms with Crippen molar-refractivity contribution in [3.63, 3.8) is 0 Å². The lowest BCUT2D eigenvalue weighted by molar-refractivity contribution is -0.384. The first-order valence-corrected chi connectivity index (χ1v) is 7.87. The number of hydrogen-bond acceptors (Lipinski definition) is 7. The second kappa shape index (κ2) is 8.50. The van der Waals surface area contributed by atoms with Crippen LogP contribution < -0.4 is 15.4 Å². The van der Waals surface area contributed by atoms with Crippen molar-refractivity contribution in [2.24, 2.45) is 0 Å². The minimum Gasteiger partial charge on any atom is -0.494 e. The van der Waals surface area contributed by atoms with E-state index >= 15 is 0 Å². The number of thioether (sulfide) groups is 1. The van der Waals surface area contributed by atoms with Crippen molar-refractivity contribution >= 4 is 40.6 Å². The number of rotatable bonds is 5. The SMILES string of the molecule is COc1cc([N+](=O)[O-])ccc1NC(=O)C(=O)Nc1ccc(SC#N)cc1. The van der Waals surface area contributed by atoms with Crippen LogP contribution in [0.25, 0.3) is 0 Å².